The molecular weight excluding hydrogens is 312 g/mol. The van der Waals surface area contributed by atoms with Crippen LogP contribution in [0.15, 0.2) is 18.3 Å². The van der Waals surface area contributed by atoms with Gasteiger partial charge in [-0.3, -0.25) is 4.79 Å². The number of rotatable bonds is 5. The SMILES string of the molecule is N[C@H]1C[C@H]2CC[C@@H](C1)N2c1ccc(C(=O)CCN2CCCCC2)cn1. The molecule has 5 nitrogen and oxygen atoms in total. The molecule has 136 valence electrons. The van der Waals surface area contributed by atoms with E-state index >= 15 is 0 Å². The predicted molar refractivity (Wildman–Crippen MR) is 100.0 cm³/mol. The van der Waals surface area contributed by atoms with Crippen LogP contribution >= 0.6 is 0 Å². The highest BCUT2D eigenvalue weighted by atomic mass is 16.1. The van der Waals surface area contributed by atoms with Crippen LogP contribution in [-0.4, -0.2) is 53.4 Å². The van der Waals surface area contributed by atoms with Gasteiger partial charge in [-0.25, -0.2) is 4.98 Å². The monoisotopic (exact) mass is 342 g/mol. The molecule has 3 aliphatic rings. The predicted octanol–water partition coefficient (Wildman–Crippen LogP) is 2.60. The third-order valence-corrected chi connectivity index (χ3v) is 6.21. The average molecular weight is 342 g/mol. The summed E-state index contributed by atoms with van der Waals surface area (Å²) in [6.45, 7) is 3.17. The molecule has 3 aliphatic heterocycles. The third-order valence-electron chi connectivity index (χ3n) is 6.21. The Morgan fingerprint density at radius 3 is 2.48 bits per heavy atom. The Hall–Kier alpha value is -1.46. The van der Waals surface area contributed by atoms with Gasteiger partial charge in [0, 0.05) is 42.9 Å². The van der Waals surface area contributed by atoms with Gasteiger partial charge in [0.2, 0.25) is 0 Å². The molecule has 0 aliphatic carbocycles. The number of carbonyl (C=O) groups is 1. The van der Waals surface area contributed by atoms with Gasteiger partial charge in [-0.15, -0.1) is 0 Å². The van der Waals surface area contributed by atoms with Crippen LogP contribution in [0.2, 0.25) is 0 Å². The Kier molecular flexibility index (Phi) is 5.04. The second kappa shape index (κ2) is 7.42. The number of hydrogen-bond acceptors (Lipinski definition) is 5. The van der Waals surface area contributed by atoms with Crippen molar-refractivity contribution in [2.24, 2.45) is 5.73 Å². The molecular formula is C20H30N4O. The highest BCUT2D eigenvalue weighted by Crippen LogP contribution is 2.37. The number of aromatic nitrogens is 1. The molecule has 0 amide bonds. The van der Waals surface area contributed by atoms with E-state index in [0.717, 1.165) is 43.9 Å². The van der Waals surface area contributed by atoms with Crippen molar-refractivity contribution < 1.29 is 4.79 Å². The van der Waals surface area contributed by atoms with Crippen LogP contribution in [-0.2, 0) is 0 Å². The molecule has 2 N–H and O–H groups in total. The lowest BCUT2D eigenvalue weighted by molar-refractivity contribution is 0.0958. The van der Waals surface area contributed by atoms with Crippen LogP contribution in [0.1, 0.15) is 61.7 Å². The number of Topliss-reactive ketones (excluding diaryl/α,β-unsaturated/α-hetero) is 1. The summed E-state index contributed by atoms with van der Waals surface area (Å²) in [6, 6.07) is 5.40. The minimum Gasteiger partial charge on any atom is -0.351 e. The van der Waals surface area contributed by atoms with Crippen molar-refractivity contribution in [1.29, 1.82) is 0 Å². The number of ketones is 1. The van der Waals surface area contributed by atoms with Crippen molar-refractivity contribution in [3.8, 4) is 0 Å². The second-order valence-electron chi connectivity index (χ2n) is 8.00. The maximum atomic E-state index is 12.5. The zero-order chi connectivity index (χ0) is 17.2. The quantitative estimate of drug-likeness (QED) is 0.834. The van der Waals surface area contributed by atoms with Gasteiger partial charge in [0.1, 0.15) is 5.82 Å². The van der Waals surface area contributed by atoms with Crippen molar-refractivity contribution in [3.05, 3.63) is 23.9 Å². The molecule has 0 radical (unpaired) electrons. The van der Waals surface area contributed by atoms with Gasteiger partial charge in [0.25, 0.3) is 0 Å². The number of piperidine rings is 2. The summed E-state index contributed by atoms with van der Waals surface area (Å²) in [7, 11) is 0. The van der Waals surface area contributed by atoms with E-state index in [2.05, 4.69) is 14.8 Å². The summed E-state index contributed by atoms with van der Waals surface area (Å²) in [5.74, 6) is 1.24. The molecule has 4 heterocycles. The number of nitrogens with zero attached hydrogens (tertiary/aromatic N) is 3. The molecule has 5 heteroatoms. The van der Waals surface area contributed by atoms with Crippen LogP contribution in [0.25, 0.3) is 0 Å². The van der Waals surface area contributed by atoms with E-state index in [4.69, 9.17) is 5.73 Å². The van der Waals surface area contributed by atoms with Gasteiger partial charge in [0.05, 0.1) is 0 Å². The molecule has 0 spiro atoms. The van der Waals surface area contributed by atoms with E-state index in [9.17, 15) is 4.79 Å². The Labute approximate surface area is 150 Å². The standard InChI is InChI=1S/C20H30N4O/c21-16-12-17-5-6-18(13-16)24(17)20-7-4-15(14-22-20)19(25)8-11-23-9-2-1-3-10-23/h4,7,14,16-18H,1-3,5-6,8-13,21H2/t16-,17+,18-. The van der Waals surface area contributed by atoms with Crippen molar-refractivity contribution in [2.45, 2.75) is 69.5 Å². The fraction of sp³-hybridized carbons (Fsp3) is 0.700. The number of pyridine rings is 1. The molecule has 3 fully saturated rings. The maximum absolute atomic E-state index is 12.5. The van der Waals surface area contributed by atoms with Crippen LogP contribution in [0.3, 0.4) is 0 Å². The lowest BCUT2D eigenvalue weighted by atomic mass is 9.98. The zero-order valence-electron chi connectivity index (χ0n) is 15.1. The Morgan fingerprint density at radius 1 is 1.12 bits per heavy atom. The first-order valence-electron chi connectivity index (χ1n) is 9.96. The first-order valence-corrected chi connectivity index (χ1v) is 9.96. The number of likely N-dealkylation sites (tertiary alicyclic amines) is 1. The van der Waals surface area contributed by atoms with Crippen LogP contribution in [0, 0.1) is 0 Å². The molecule has 4 rings (SSSR count). The smallest absolute Gasteiger partial charge is 0.165 e. The summed E-state index contributed by atoms with van der Waals surface area (Å²) in [6.07, 6.45) is 10.8. The van der Waals surface area contributed by atoms with Crippen molar-refractivity contribution >= 4 is 11.6 Å². The van der Waals surface area contributed by atoms with Crippen molar-refractivity contribution in [1.82, 2.24) is 9.88 Å². The average Bonchev–Trinajstić information content (AvgIpc) is 2.92. The summed E-state index contributed by atoms with van der Waals surface area (Å²) >= 11 is 0. The number of hydrogen-bond donors (Lipinski definition) is 1. The summed E-state index contributed by atoms with van der Waals surface area (Å²) in [5.41, 5.74) is 6.91. The zero-order valence-corrected chi connectivity index (χ0v) is 15.1. The molecule has 1 aromatic rings. The number of fused-ring (bicyclic) bond motifs is 2. The van der Waals surface area contributed by atoms with Gasteiger partial charge in [-0.2, -0.15) is 0 Å². The van der Waals surface area contributed by atoms with E-state index < -0.39 is 0 Å². The second-order valence-corrected chi connectivity index (χ2v) is 8.00. The van der Waals surface area contributed by atoms with Crippen LogP contribution in [0.5, 0.6) is 0 Å². The van der Waals surface area contributed by atoms with Gasteiger partial charge < -0.3 is 15.5 Å². The molecule has 0 aromatic carbocycles. The lowest BCUT2D eigenvalue weighted by Crippen LogP contribution is -2.47. The highest BCUT2D eigenvalue weighted by molar-refractivity contribution is 5.96. The molecule has 25 heavy (non-hydrogen) atoms. The summed E-state index contributed by atoms with van der Waals surface area (Å²) in [5, 5.41) is 0. The van der Waals surface area contributed by atoms with Gasteiger partial charge in [0.15, 0.2) is 5.78 Å². The molecule has 2 bridgehead atoms. The lowest BCUT2D eigenvalue weighted by Gasteiger charge is -2.38. The van der Waals surface area contributed by atoms with Crippen molar-refractivity contribution in [2.75, 3.05) is 24.5 Å². The molecule has 3 atom stereocenters. The third kappa shape index (κ3) is 3.72. The summed E-state index contributed by atoms with van der Waals surface area (Å²) < 4.78 is 0. The first kappa shape index (κ1) is 17.0. The Morgan fingerprint density at radius 2 is 1.84 bits per heavy atom. The van der Waals surface area contributed by atoms with Gasteiger partial charge in [-0.1, -0.05) is 6.42 Å². The first-order chi connectivity index (χ1) is 12.2. The molecule has 3 saturated heterocycles. The maximum Gasteiger partial charge on any atom is 0.165 e. The Bertz CT molecular complexity index is 582. The van der Waals surface area contributed by atoms with E-state index in [1.54, 1.807) is 6.20 Å². The number of carbonyl (C=O) groups excluding carboxylic acids is 1. The van der Waals surface area contributed by atoms with E-state index in [1.165, 1.54) is 32.1 Å². The van der Waals surface area contributed by atoms with Crippen molar-refractivity contribution in [3.63, 3.8) is 0 Å². The highest BCUT2D eigenvalue weighted by Gasteiger charge is 2.40. The summed E-state index contributed by atoms with van der Waals surface area (Å²) in [4.78, 5) is 22.0. The number of anilines is 1. The number of nitrogens with two attached hydrogens (primary N) is 1. The minimum atomic E-state index is 0.216. The Balaban J connectivity index is 1.36. The van der Waals surface area contributed by atoms with Gasteiger partial charge in [-0.05, 0) is 63.7 Å². The topological polar surface area (TPSA) is 62.5 Å². The molecule has 0 unspecified atom stereocenters. The molecule has 0 saturated carbocycles. The van der Waals surface area contributed by atoms with Gasteiger partial charge >= 0.3 is 0 Å². The van der Waals surface area contributed by atoms with Crippen LogP contribution in [0.4, 0.5) is 5.82 Å². The van der Waals surface area contributed by atoms with E-state index in [-0.39, 0.29) is 5.78 Å². The normalized spacial score (nSPS) is 29.8. The van der Waals surface area contributed by atoms with E-state index in [1.807, 2.05) is 12.1 Å². The van der Waals surface area contributed by atoms with E-state index in [0.29, 0.717) is 24.5 Å². The molecule has 1 aromatic heterocycles. The fourth-order valence-electron chi connectivity index (χ4n) is 4.88. The minimum absolute atomic E-state index is 0.216. The fourth-order valence-corrected chi connectivity index (χ4v) is 4.88. The van der Waals surface area contributed by atoms with Crippen LogP contribution < -0.4 is 10.6 Å². The largest absolute Gasteiger partial charge is 0.351 e.